The van der Waals surface area contributed by atoms with E-state index in [1.54, 1.807) is 30.6 Å². The Morgan fingerprint density at radius 2 is 1.62 bits per heavy atom. The summed E-state index contributed by atoms with van der Waals surface area (Å²) in [6.07, 6.45) is 3.07. The van der Waals surface area contributed by atoms with E-state index in [4.69, 9.17) is 0 Å². The third-order valence-corrected chi connectivity index (χ3v) is 6.23. The molecular weight excluding hydrogens is 348 g/mol. The Kier molecular flexibility index (Phi) is 4.57. The third-order valence-electron chi connectivity index (χ3n) is 4.69. The first-order chi connectivity index (χ1) is 12.6. The standard InChI is InChI=1S/C19H20N4O2S/c24-26(25,16-6-2-1-3-7-16)22-15-10-12-23(13-11-15)19-17-8-4-5-9-18(17)20-14-21-19/h1-9,14-15,22H,10-13H2. The zero-order valence-corrected chi connectivity index (χ0v) is 15.1. The molecule has 0 saturated carbocycles. The molecule has 1 aromatic heterocycles. The number of nitrogens with zero attached hydrogens (tertiary/aromatic N) is 3. The Morgan fingerprint density at radius 3 is 2.38 bits per heavy atom. The highest BCUT2D eigenvalue weighted by atomic mass is 32.2. The Hall–Kier alpha value is -2.51. The van der Waals surface area contributed by atoms with Crippen LogP contribution in [-0.4, -0.2) is 37.5 Å². The molecule has 3 aromatic rings. The predicted octanol–water partition coefficient (Wildman–Crippen LogP) is 2.58. The van der Waals surface area contributed by atoms with E-state index < -0.39 is 10.0 Å². The summed E-state index contributed by atoms with van der Waals surface area (Å²) in [5, 5.41) is 1.03. The quantitative estimate of drug-likeness (QED) is 0.766. The molecule has 0 amide bonds. The van der Waals surface area contributed by atoms with Gasteiger partial charge in [-0.1, -0.05) is 30.3 Å². The molecule has 1 saturated heterocycles. The molecule has 26 heavy (non-hydrogen) atoms. The number of para-hydroxylation sites is 1. The highest BCUT2D eigenvalue weighted by Gasteiger charge is 2.25. The molecule has 1 fully saturated rings. The van der Waals surface area contributed by atoms with Crippen LogP contribution in [0, 0.1) is 0 Å². The minimum absolute atomic E-state index is 0.0652. The van der Waals surface area contributed by atoms with Gasteiger partial charge in [-0.05, 0) is 37.1 Å². The van der Waals surface area contributed by atoms with Crippen LogP contribution in [0.2, 0.25) is 0 Å². The van der Waals surface area contributed by atoms with E-state index in [1.807, 2.05) is 30.3 Å². The third kappa shape index (κ3) is 3.40. The summed E-state index contributed by atoms with van der Waals surface area (Å²) < 4.78 is 27.8. The molecule has 0 radical (unpaired) electrons. The average molecular weight is 368 g/mol. The van der Waals surface area contributed by atoms with Crippen molar-refractivity contribution in [1.82, 2.24) is 14.7 Å². The fraction of sp³-hybridized carbons (Fsp3) is 0.263. The van der Waals surface area contributed by atoms with Crippen LogP contribution in [0.4, 0.5) is 5.82 Å². The maximum absolute atomic E-state index is 12.5. The van der Waals surface area contributed by atoms with E-state index in [9.17, 15) is 8.42 Å². The second kappa shape index (κ2) is 7.01. The van der Waals surface area contributed by atoms with Crippen LogP contribution in [-0.2, 0) is 10.0 Å². The van der Waals surface area contributed by atoms with Gasteiger partial charge in [-0.3, -0.25) is 0 Å². The minimum Gasteiger partial charge on any atom is -0.356 e. The first-order valence-corrected chi connectivity index (χ1v) is 10.1. The summed E-state index contributed by atoms with van der Waals surface area (Å²) in [5.41, 5.74) is 0.921. The summed E-state index contributed by atoms with van der Waals surface area (Å²) in [6, 6.07) is 16.4. The van der Waals surface area contributed by atoms with Gasteiger partial charge >= 0.3 is 0 Å². The maximum Gasteiger partial charge on any atom is 0.240 e. The van der Waals surface area contributed by atoms with Gasteiger partial charge < -0.3 is 4.90 Å². The van der Waals surface area contributed by atoms with Gasteiger partial charge in [0, 0.05) is 24.5 Å². The second-order valence-corrected chi connectivity index (χ2v) is 8.12. The predicted molar refractivity (Wildman–Crippen MR) is 102 cm³/mol. The Morgan fingerprint density at radius 1 is 0.923 bits per heavy atom. The number of hydrogen-bond donors (Lipinski definition) is 1. The lowest BCUT2D eigenvalue weighted by atomic mass is 10.1. The molecule has 2 heterocycles. The maximum atomic E-state index is 12.5. The van der Waals surface area contributed by atoms with Crippen molar-refractivity contribution in [3.63, 3.8) is 0 Å². The summed E-state index contributed by atoms with van der Waals surface area (Å²) in [4.78, 5) is 11.3. The number of aromatic nitrogens is 2. The Labute approximate surface area is 152 Å². The van der Waals surface area contributed by atoms with Gasteiger partial charge in [0.2, 0.25) is 10.0 Å². The molecule has 2 aromatic carbocycles. The van der Waals surface area contributed by atoms with Crippen molar-refractivity contribution in [2.24, 2.45) is 0 Å². The molecule has 0 aliphatic carbocycles. The van der Waals surface area contributed by atoms with E-state index in [0.29, 0.717) is 4.90 Å². The van der Waals surface area contributed by atoms with Crippen molar-refractivity contribution in [3.8, 4) is 0 Å². The fourth-order valence-corrected chi connectivity index (χ4v) is 4.66. The van der Waals surface area contributed by atoms with E-state index >= 15 is 0 Å². The van der Waals surface area contributed by atoms with Crippen LogP contribution in [0.5, 0.6) is 0 Å². The topological polar surface area (TPSA) is 75.2 Å². The highest BCUT2D eigenvalue weighted by molar-refractivity contribution is 7.89. The average Bonchev–Trinajstić information content (AvgIpc) is 2.69. The van der Waals surface area contributed by atoms with Gasteiger partial charge in [0.15, 0.2) is 0 Å². The smallest absolute Gasteiger partial charge is 0.240 e. The van der Waals surface area contributed by atoms with Crippen LogP contribution in [0.25, 0.3) is 10.9 Å². The summed E-state index contributed by atoms with van der Waals surface area (Å²) in [6.45, 7) is 1.51. The monoisotopic (exact) mass is 368 g/mol. The summed E-state index contributed by atoms with van der Waals surface area (Å²) in [7, 11) is -3.47. The minimum atomic E-state index is -3.47. The molecule has 0 bridgehead atoms. The lowest BCUT2D eigenvalue weighted by Crippen LogP contribution is -2.44. The summed E-state index contributed by atoms with van der Waals surface area (Å²) in [5.74, 6) is 0.917. The SMILES string of the molecule is O=S(=O)(NC1CCN(c2ncnc3ccccc23)CC1)c1ccccc1. The van der Waals surface area contributed by atoms with E-state index in [2.05, 4.69) is 19.6 Å². The number of piperidine rings is 1. The molecule has 0 atom stereocenters. The molecule has 4 rings (SSSR count). The van der Waals surface area contributed by atoms with Crippen LogP contribution >= 0.6 is 0 Å². The van der Waals surface area contributed by atoms with Crippen molar-refractivity contribution in [3.05, 3.63) is 60.9 Å². The van der Waals surface area contributed by atoms with Crippen LogP contribution in [0.3, 0.4) is 0 Å². The fourth-order valence-electron chi connectivity index (χ4n) is 3.34. The molecule has 0 spiro atoms. The number of rotatable bonds is 4. The molecule has 7 heteroatoms. The lowest BCUT2D eigenvalue weighted by molar-refractivity contribution is 0.459. The van der Waals surface area contributed by atoms with Gasteiger partial charge in [-0.25, -0.2) is 23.1 Å². The zero-order valence-electron chi connectivity index (χ0n) is 14.2. The molecule has 134 valence electrons. The van der Waals surface area contributed by atoms with Gasteiger partial charge in [-0.15, -0.1) is 0 Å². The van der Waals surface area contributed by atoms with Crippen LogP contribution in [0.1, 0.15) is 12.8 Å². The van der Waals surface area contributed by atoms with Crippen molar-refractivity contribution in [2.45, 2.75) is 23.8 Å². The number of fused-ring (bicyclic) bond motifs is 1. The van der Waals surface area contributed by atoms with Crippen molar-refractivity contribution in [1.29, 1.82) is 0 Å². The van der Waals surface area contributed by atoms with Crippen LogP contribution in [0.15, 0.2) is 65.8 Å². The zero-order chi connectivity index (χ0) is 18.0. The largest absolute Gasteiger partial charge is 0.356 e. The Bertz CT molecular complexity index is 995. The van der Waals surface area contributed by atoms with Gasteiger partial charge in [-0.2, -0.15) is 0 Å². The van der Waals surface area contributed by atoms with Crippen molar-refractivity contribution in [2.75, 3.05) is 18.0 Å². The van der Waals surface area contributed by atoms with Crippen LogP contribution < -0.4 is 9.62 Å². The molecular formula is C19H20N4O2S. The first kappa shape index (κ1) is 16.9. The van der Waals surface area contributed by atoms with Gasteiger partial charge in [0.25, 0.3) is 0 Å². The highest BCUT2D eigenvalue weighted by Crippen LogP contribution is 2.25. The van der Waals surface area contributed by atoms with Gasteiger partial charge in [0.1, 0.15) is 12.1 Å². The molecule has 1 aliphatic rings. The Balaban J connectivity index is 1.46. The number of nitrogens with one attached hydrogen (secondary N) is 1. The number of benzene rings is 2. The number of anilines is 1. The van der Waals surface area contributed by atoms with Crippen molar-refractivity contribution < 1.29 is 8.42 Å². The molecule has 6 nitrogen and oxygen atoms in total. The summed E-state index contributed by atoms with van der Waals surface area (Å²) >= 11 is 0. The van der Waals surface area contributed by atoms with Gasteiger partial charge in [0.05, 0.1) is 10.4 Å². The molecule has 1 aliphatic heterocycles. The van der Waals surface area contributed by atoms with E-state index in [-0.39, 0.29) is 6.04 Å². The van der Waals surface area contributed by atoms with Crippen molar-refractivity contribution >= 4 is 26.7 Å². The van der Waals surface area contributed by atoms with E-state index in [0.717, 1.165) is 42.7 Å². The molecule has 0 unspecified atom stereocenters. The normalized spacial score (nSPS) is 16.1. The number of sulfonamides is 1. The number of hydrogen-bond acceptors (Lipinski definition) is 5. The lowest BCUT2D eigenvalue weighted by Gasteiger charge is -2.33. The second-order valence-electron chi connectivity index (χ2n) is 6.41. The first-order valence-electron chi connectivity index (χ1n) is 8.65. The van der Waals surface area contributed by atoms with E-state index in [1.165, 1.54) is 0 Å². The molecule has 1 N–H and O–H groups in total.